The van der Waals surface area contributed by atoms with Gasteiger partial charge in [0.2, 0.25) is 0 Å². The summed E-state index contributed by atoms with van der Waals surface area (Å²) in [5.41, 5.74) is 2.00. The van der Waals surface area contributed by atoms with Crippen LogP contribution in [0.4, 0.5) is 5.69 Å². The molecular weight excluding hydrogens is 322 g/mol. The maximum absolute atomic E-state index is 12.3. The first-order valence-electron chi connectivity index (χ1n) is 7.90. The Bertz CT molecular complexity index is 834. The lowest BCUT2D eigenvalue weighted by molar-refractivity contribution is -0.123. The molecule has 0 spiro atoms. The second kappa shape index (κ2) is 7.34. The summed E-state index contributed by atoms with van der Waals surface area (Å²) in [4.78, 5) is 35.9. The molecule has 0 saturated carbocycles. The van der Waals surface area contributed by atoms with E-state index in [1.165, 1.54) is 13.8 Å². The van der Waals surface area contributed by atoms with Crippen LogP contribution in [0.25, 0.3) is 0 Å². The minimum absolute atomic E-state index is 0.100. The van der Waals surface area contributed by atoms with E-state index < -0.39 is 18.0 Å². The van der Waals surface area contributed by atoms with Crippen molar-refractivity contribution in [2.75, 3.05) is 5.32 Å². The van der Waals surface area contributed by atoms with Crippen molar-refractivity contribution in [3.05, 3.63) is 52.5 Å². The SMILES string of the molecule is CC(=O)c1cccc(NC(=O)[C@@H](C)OC(=O)c2c(C)oc(C)c2C)c1. The highest BCUT2D eigenvalue weighted by molar-refractivity contribution is 6.00. The fraction of sp³-hybridized carbons (Fsp3) is 0.316. The van der Waals surface area contributed by atoms with E-state index in [0.717, 1.165) is 0 Å². The van der Waals surface area contributed by atoms with Crippen LogP contribution < -0.4 is 5.32 Å². The van der Waals surface area contributed by atoms with Gasteiger partial charge < -0.3 is 14.5 Å². The second-order valence-corrected chi connectivity index (χ2v) is 5.89. The molecule has 1 aromatic heterocycles. The second-order valence-electron chi connectivity index (χ2n) is 5.89. The van der Waals surface area contributed by atoms with E-state index in [1.807, 2.05) is 0 Å². The van der Waals surface area contributed by atoms with Gasteiger partial charge in [0.15, 0.2) is 11.9 Å². The third kappa shape index (κ3) is 4.15. The molecule has 0 fully saturated rings. The third-order valence-electron chi connectivity index (χ3n) is 3.96. The van der Waals surface area contributed by atoms with Crippen LogP contribution in [0.1, 0.15) is 51.6 Å². The van der Waals surface area contributed by atoms with Gasteiger partial charge in [-0.05, 0) is 46.8 Å². The molecule has 132 valence electrons. The average Bonchev–Trinajstić information content (AvgIpc) is 2.80. The molecule has 0 aliphatic heterocycles. The first kappa shape index (κ1) is 18.4. The summed E-state index contributed by atoms with van der Waals surface area (Å²) in [5.74, 6) is -0.0854. The molecule has 1 amide bonds. The summed E-state index contributed by atoms with van der Waals surface area (Å²) < 4.78 is 10.7. The Morgan fingerprint density at radius 2 is 1.80 bits per heavy atom. The van der Waals surface area contributed by atoms with Gasteiger partial charge in [0.05, 0.1) is 0 Å². The van der Waals surface area contributed by atoms with Crippen LogP contribution in [-0.2, 0) is 9.53 Å². The van der Waals surface area contributed by atoms with Crippen molar-refractivity contribution in [2.45, 2.75) is 40.7 Å². The summed E-state index contributed by atoms with van der Waals surface area (Å²) in [6.07, 6.45) is -0.998. The zero-order valence-corrected chi connectivity index (χ0v) is 14.9. The lowest BCUT2D eigenvalue weighted by Crippen LogP contribution is -2.30. The molecule has 25 heavy (non-hydrogen) atoms. The number of anilines is 1. The van der Waals surface area contributed by atoms with E-state index in [9.17, 15) is 14.4 Å². The lowest BCUT2D eigenvalue weighted by atomic mass is 10.1. The average molecular weight is 343 g/mol. The standard InChI is InChI=1S/C19H21NO5/c1-10-12(3)24-13(4)17(10)19(23)25-14(5)18(22)20-16-8-6-7-15(9-16)11(2)21/h6-9,14H,1-5H3,(H,20,22)/t14-/m1/s1. The first-order chi connectivity index (χ1) is 11.7. The van der Waals surface area contributed by atoms with Crippen molar-refractivity contribution >= 4 is 23.3 Å². The van der Waals surface area contributed by atoms with Crippen LogP contribution in [0.15, 0.2) is 28.7 Å². The molecule has 1 aromatic carbocycles. The Morgan fingerprint density at radius 1 is 1.12 bits per heavy atom. The van der Waals surface area contributed by atoms with Gasteiger partial charge >= 0.3 is 5.97 Å². The summed E-state index contributed by atoms with van der Waals surface area (Å²) in [5, 5.41) is 2.64. The quantitative estimate of drug-likeness (QED) is 0.662. The van der Waals surface area contributed by atoms with Crippen LogP contribution in [0, 0.1) is 20.8 Å². The number of hydrogen-bond acceptors (Lipinski definition) is 5. The molecular formula is C19H21NO5. The summed E-state index contributed by atoms with van der Waals surface area (Å²) in [6, 6.07) is 6.56. The number of rotatable bonds is 5. The number of benzene rings is 1. The van der Waals surface area contributed by atoms with E-state index in [4.69, 9.17) is 9.15 Å². The zero-order chi connectivity index (χ0) is 18.7. The van der Waals surface area contributed by atoms with Crippen LogP contribution in [0.5, 0.6) is 0 Å². The number of amides is 1. The van der Waals surface area contributed by atoms with Crippen molar-refractivity contribution < 1.29 is 23.5 Å². The zero-order valence-electron chi connectivity index (χ0n) is 14.9. The number of esters is 1. The number of aryl methyl sites for hydroxylation is 2. The smallest absolute Gasteiger partial charge is 0.342 e. The van der Waals surface area contributed by atoms with Gasteiger partial charge in [-0.1, -0.05) is 12.1 Å². The van der Waals surface area contributed by atoms with Crippen LogP contribution in [0.3, 0.4) is 0 Å². The van der Waals surface area contributed by atoms with Crippen LogP contribution in [0.2, 0.25) is 0 Å². The maximum atomic E-state index is 12.3. The highest BCUT2D eigenvalue weighted by Gasteiger charge is 2.24. The highest BCUT2D eigenvalue weighted by atomic mass is 16.5. The predicted molar refractivity (Wildman–Crippen MR) is 92.9 cm³/mol. The largest absolute Gasteiger partial charge is 0.465 e. The van der Waals surface area contributed by atoms with Gasteiger partial charge in [-0.2, -0.15) is 0 Å². The summed E-state index contributed by atoms with van der Waals surface area (Å²) >= 11 is 0. The fourth-order valence-electron chi connectivity index (χ4n) is 2.43. The minimum atomic E-state index is -0.998. The number of furan rings is 1. The van der Waals surface area contributed by atoms with E-state index >= 15 is 0 Å². The van der Waals surface area contributed by atoms with Crippen molar-refractivity contribution in [3.8, 4) is 0 Å². The number of Topliss-reactive ketones (excluding diaryl/α,β-unsaturated/α-hetero) is 1. The molecule has 0 aliphatic carbocycles. The molecule has 0 bridgehead atoms. The fourth-order valence-corrected chi connectivity index (χ4v) is 2.43. The molecule has 1 heterocycles. The van der Waals surface area contributed by atoms with Gasteiger partial charge in [-0.15, -0.1) is 0 Å². The topological polar surface area (TPSA) is 85.6 Å². The lowest BCUT2D eigenvalue weighted by Gasteiger charge is -2.14. The van der Waals surface area contributed by atoms with Crippen molar-refractivity contribution in [1.82, 2.24) is 0 Å². The minimum Gasteiger partial charge on any atom is -0.465 e. The Hall–Kier alpha value is -2.89. The normalized spacial score (nSPS) is 11.7. The maximum Gasteiger partial charge on any atom is 0.342 e. The molecule has 2 rings (SSSR count). The van der Waals surface area contributed by atoms with Gasteiger partial charge in [0.1, 0.15) is 17.1 Å². The Morgan fingerprint density at radius 3 is 2.36 bits per heavy atom. The molecule has 6 heteroatoms. The van der Waals surface area contributed by atoms with Gasteiger partial charge in [0.25, 0.3) is 5.91 Å². The van der Waals surface area contributed by atoms with E-state index in [0.29, 0.717) is 33.9 Å². The highest BCUT2D eigenvalue weighted by Crippen LogP contribution is 2.22. The molecule has 0 saturated heterocycles. The monoisotopic (exact) mass is 343 g/mol. The molecule has 0 radical (unpaired) electrons. The number of carbonyl (C=O) groups is 3. The molecule has 1 atom stereocenters. The van der Waals surface area contributed by atoms with E-state index in [2.05, 4.69) is 5.32 Å². The molecule has 1 N–H and O–H groups in total. The third-order valence-corrected chi connectivity index (χ3v) is 3.96. The van der Waals surface area contributed by atoms with Crippen LogP contribution >= 0.6 is 0 Å². The Kier molecular flexibility index (Phi) is 5.41. The van der Waals surface area contributed by atoms with Crippen molar-refractivity contribution in [1.29, 1.82) is 0 Å². The Labute approximate surface area is 146 Å². The predicted octanol–water partition coefficient (Wildman–Crippen LogP) is 3.59. The first-order valence-corrected chi connectivity index (χ1v) is 7.90. The van der Waals surface area contributed by atoms with Gasteiger partial charge in [-0.3, -0.25) is 9.59 Å². The summed E-state index contributed by atoms with van der Waals surface area (Å²) in [7, 11) is 0. The Balaban J connectivity index is 2.06. The molecule has 6 nitrogen and oxygen atoms in total. The van der Waals surface area contributed by atoms with Crippen LogP contribution in [-0.4, -0.2) is 23.8 Å². The number of ether oxygens (including phenoxy) is 1. The molecule has 0 unspecified atom stereocenters. The molecule has 2 aromatic rings. The van der Waals surface area contributed by atoms with Gasteiger partial charge in [0, 0.05) is 16.8 Å². The number of hydrogen-bond donors (Lipinski definition) is 1. The number of nitrogens with one attached hydrogen (secondary N) is 1. The number of ketones is 1. The number of carbonyl (C=O) groups excluding carboxylic acids is 3. The van der Waals surface area contributed by atoms with Gasteiger partial charge in [-0.25, -0.2) is 4.79 Å². The molecule has 0 aliphatic rings. The van der Waals surface area contributed by atoms with E-state index in [-0.39, 0.29) is 5.78 Å². The van der Waals surface area contributed by atoms with E-state index in [1.54, 1.807) is 45.0 Å². The van der Waals surface area contributed by atoms with Crippen molar-refractivity contribution in [3.63, 3.8) is 0 Å². The van der Waals surface area contributed by atoms with Crippen molar-refractivity contribution in [2.24, 2.45) is 0 Å². The summed E-state index contributed by atoms with van der Waals surface area (Å²) in [6.45, 7) is 8.13.